The molecule has 0 fully saturated rings. The molecule has 182 valence electrons. The van der Waals surface area contributed by atoms with E-state index in [2.05, 4.69) is 83.1 Å². The Hall–Kier alpha value is -2.29. The van der Waals surface area contributed by atoms with E-state index >= 15 is 0 Å². The molecular weight excluding hydrogens is 408 g/mol. The van der Waals surface area contributed by atoms with Gasteiger partial charge in [0.1, 0.15) is 17.8 Å². The van der Waals surface area contributed by atoms with E-state index in [-0.39, 0.29) is 21.7 Å². The summed E-state index contributed by atoms with van der Waals surface area (Å²) in [4.78, 5) is 12.6. The molecule has 2 rings (SSSR count). The molecule has 0 aromatic heterocycles. The van der Waals surface area contributed by atoms with E-state index in [0.717, 1.165) is 39.7 Å². The SMILES string of the molecule is CC(C)(C)c1cc(C(C=O)c2cc(C(C)(C)C)c(O)c(C(C)(C)C)c2)cc(C(C)(C)C)c1O. The molecule has 0 heterocycles. The third-order valence-electron chi connectivity index (χ3n) is 6.35. The molecule has 0 spiro atoms. The number of rotatable bonds is 3. The number of hydrogen-bond acceptors (Lipinski definition) is 3. The average Bonchev–Trinajstić information content (AvgIpc) is 2.60. The highest BCUT2D eigenvalue weighted by Crippen LogP contribution is 2.44. The van der Waals surface area contributed by atoms with E-state index in [9.17, 15) is 15.0 Å². The summed E-state index contributed by atoms with van der Waals surface area (Å²) in [6.45, 7) is 24.9. The molecule has 0 aliphatic heterocycles. The predicted octanol–water partition coefficient (Wildman–Crippen LogP) is 7.62. The number of carbonyl (C=O) groups excluding carboxylic acids is 1. The van der Waals surface area contributed by atoms with Crippen molar-refractivity contribution in [3.8, 4) is 11.5 Å². The maximum Gasteiger partial charge on any atom is 0.131 e. The van der Waals surface area contributed by atoms with E-state index in [1.54, 1.807) is 0 Å². The maximum atomic E-state index is 12.6. The zero-order valence-corrected chi connectivity index (χ0v) is 22.8. The molecule has 0 saturated carbocycles. The molecular formula is C30H44O3. The van der Waals surface area contributed by atoms with Gasteiger partial charge in [-0.2, -0.15) is 0 Å². The normalized spacial score (nSPS) is 13.5. The van der Waals surface area contributed by atoms with Gasteiger partial charge in [0.15, 0.2) is 0 Å². The summed E-state index contributed by atoms with van der Waals surface area (Å²) in [7, 11) is 0. The lowest BCUT2D eigenvalue weighted by Crippen LogP contribution is -2.20. The first-order valence-corrected chi connectivity index (χ1v) is 11.9. The predicted molar refractivity (Wildman–Crippen MR) is 139 cm³/mol. The lowest BCUT2D eigenvalue weighted by atomic mass is 9.74. The fourth-order valence-electron chi connectivity index (χ4n) is 4.31. The lowest BCUT2D eigenvalue weighted by molar-refractivity contribution is -0.108. The third-order valence-corrected chi connectivity index (χ3v) is 6.35. The number of hydrogen-bond donors (Lipinski definition) is 2. The van der Waals surface area contributed by atoms with Gasteiger partial charge in [-0.05, 0) is 55.0 Å². The van der Waals surface area contributed by atoms with Crippen LogP contribution in [0.5, 0.6) is 11.5 Å². The van der Waals surface area contributed by atoms with Crippen molar-refractivity contribution in [2.24, 2.45) is 0 Å². The van der Waals surface area contributed by atoms with Crippen LogP contribution >= 0.6 is 0 Å². The van der Waals surface area contributed by atoms with Gasteiger partial charge in [-0.3, -0.25) is 0 Å². The Morgan fingerprint density at radius 2 is 0.758 bits per heavy atom. The van der Waals surface area contributed by atoms with Crippen LogP contribution in [0.15, 0.2) is 24.3 Å². The second kappa shape index (κ2) is 8.49. The third kappa shape index (κ3) is 5.62. The molecule has 0 atom stereocenters. The summed E-state index contributed by atoms with van der Waals surface area (Å²) >= 11 is 0. The van der Waals surface area contributed by atoms with E-state index in [1.165, 1.54) is 0 Å². The van der Waals surface area contributed by atoms with Gasteiger partial charge in [-0.25, -0.2) is 0 Å². The summed E-state index contributed by atoms with van der Waals surface area (Å²) in [5.74, 6) is 0.107. The Labute approximate surface area is 201 Å². The number of carbonyl (C=O) groups is 1. The highest BCUT2D eigenvalue weighted by Gasteiger charge is 2.31. The molecule has 2 aromatic rings. The summed E-state index contributed by atoms with van der Waals surface area (Å²) in [6, 6.07) is 7.90. The molecule has 0 aliphatic rings. The molecule has 0 unspecified atom stereocenters. The number of aldehydes is 1. The van der Waals surface area contributed by atoms with Crippen molar-refractivity contribution in [3.05, 3.63) is 57.6 Å². The van der Waals surface area contributed by atoms with Crippen LogP contribution in [0.3, 0.4) is 0 Å². The summed E-state index contributed by atoms with van der Waals surface area (Å²) in [6.07, 6.45) is 0.983. The van der Waals surface area contributed by atoms with Gasteiger partial charge in [-0.15, -0.1) is 0 Å². The summed E-state index contributed by atoms with van der Waals surface area (Å²) in [5.41, 5.74) is 3.94. The zero-order chi connectivity index (χ0) is 25.7. The van der Waals surface area contributed by atoms with Crippen LogP contribution in [-0.4, -0.2) is 16.5 Å². The minimum absolute atomic E-state index is 0.282. The quantitative estimate of drug-likeness (QED) is 0.471. The largest absolute Gasteiger partial charge is 0.507 e. The minimum Gasteiger partial charge on any atom is -0.507 e. The Balaban J connectivity index is 2.92. The summed E-state index contributed by atoms with van der Waals surface area (Å²) < 4.78 is 0. The topological polar surface area (TPSA) is 57.5 Å². The molecule has 0 bridgehead atoms. The van der Waals surface area contributed by atoms with Crippen molar-refractivity contribution in [2.45, 2.75) is 111 Å². The van der Waals surface area contributed by atoms with Crippen molar-refractivity contribution >= 4 is 6.29 Å². The zero-order valence-electron chi connectivity index (χ0n) is 22.8. The lowest BCUT2D eigenvalue weighted by Gasteiger charge is -2.31. The molecule has 0 amide bonds. The van der Waals surface area contributed by atoms with Crippen molar-refractivity contribution in [1.82, 2.24) is 0 Å². The van der Waals surface area contributed by atoms with Crippen LogP contribution in [0.1, 0.15) is 122 Å². The number of phenols is 2. The fourth-order valence-corrected chi connectivity index (χ4v) is 4.31. The van der Waals surface area contributed by atoms with Gasteiger partial charge in [0.05, 0.1) is 5.92 Å². The van der Waals surface area contributed by atoms with Gasteiger partial charge in [0.2, 0.25) is 0 Å². The molecule has 2 aromatic carbocycles. The Bertz CT molecular complexity index is 881. The highest BCUT2D eigenvalue weighted by molar-refractivity contribution is 5.71. The highest BCUT2D eigenvalue weighted by atomic mass is 16.3. The van der Waals surface area contributed by atoms with E-state index in [4.69, 9.17) is 0 Å². The van der Waals surface area contributed by atoms with Crippen molar-refractivity contribution in [3.63, 3.8) is 0 Å². The Morgan fingerprint density at radius 1 is 0.545 bits per heavy atom. The number of phenolic OH excluding ortho intramolecular Hbond substituents is 2. The van der Waals surface area contributed by atoms with E-state index in [0.29, 0.717) is 11.5 Å². The van der Waals surface area contributed by atoms with Gasteiger partial charge in [-0.1, -0.05) is 107 Å². The van der Waals surface area contributed by atoms with Gasteiger partial charge < -0.3 is 15.0 Å². The summed E-state index contributed by atoms with van der Waals surface area (Å²) in [5, 5.41) is 22.3. The number of benzene rings is 2. The van der Waals surface area contributed by atoms with Crippen molar-refractivity contribution in [1.29, 1.82) is 0 Å². The number of aromatic hydroxyl groups is 2. The second-order valence-electron chi connectivity index (χ2n) is 13.5. The maximum absolute atomic E-state index is 12.6. The molecule has 0 radical (unpaired) electrons. The molecule has 33 heavy (non-hydrogen) atoms. The van der Waals surface area contributed by atoms with Crippen molar-refractivity contribution < 1.29 is 15.0 Å². The molecule has 0 saturated heterocycles. The first-order chi connectivity index (χ1) is 14.7. The van der Waals surface area contributed by atoms with Gasteiger partial charge in [0, 0.05) is 0 Å². The molecule has 3 nitrogen and oxygen atoms in total. The van der Waals surface area contributed by atoms with Crippen LogP contribution in [-0.2, 0) is 26.5 Å². The fraction of sp³-hybridized carbons (Fsp3) is 0.567. The molecule has 2 N–H and O–H groups in total. The van der Waals surface area contributed by atoms with Gasteiger partial charge >= 0.3 is 0 Å². The van der Waals surface area contributed by atoms with Crippen molar-refractivity contribution in [2.75, 3.05) is 0 Å². The Kier molecular flexibility index (Phi) is 6.93. The monoisotopic (exact) mass is 452 g/mol. The van der Waals surface area contributed by atoms with E-state index in [1.807, 2.05) is 24.3 Å². The first-order valence-electron chi connectivity index (χ1n) is 11.9. The second-order valence-corrected chi connectivity index (χ2v) is 13.5. The smallest absolute Gasteiger partial charge is 0.131 e. The van der Waals surface area contributed by atoms with Crippen LogP contribution in [0, 0.1) is 0 Å². The van der Waals surface area contributed by atoms with Crippen LogP contribution in [0.2, 0.25) is 0 Å². The molecule has 3 heteroatoms. The average molecular weight is 453 g/mol. The van der Waals surface area contributed by atoms with E-state index < -0.39 is 5.92 Å². The van der Waals surface area contributed by atoms with Crippen LogP contribution in [0.4, 0.5) is 0 Å². The van der Waals surface area contributed by atoms with Crippen LogP contribution < -0.4 is 0 Å². The standard InChI is InChI=1S/C30H44O3/c1-27(2,3)21-13-18(14-22(25(21)32)28(4,5)6)20(17-31)19-15-23(29(7,8)9)26(33)24(16-19)30(10,11)12/h13-17,20,32-33H,1-12H3. The van der Waals surface area contributed by atoms with Gasteiger partial charge in [0.25, 0.3) is 0 Å². The first kappa shape index (κ1) is 27.0. The minimum atomic E-state index is -0.504. The molecule has 0 aliphatic carbocycles. The van der Waals surface area contributed by atoms with Crippen LogP contribution in [0.25, 0.3) is 0 Å². The Morgan fingerprint density at radius 3 is 0.909 bits per heavy atom.